The van der Waals surface area contributed by atoms with Crippen LogP contribution in [-0.4, -0.2) is 31.1 Å². The maximum Gasteiger partial charge on any atom is 0.0252 e. The van der Waals surface area contributed by atoms with Gasteiger partial charge in [-0.3, -0.25) is 4.90 Å². The Morgan fingerprint density at radius 2 is 2.11 bits per heavy atom. The highest BCUT2D eigenvalue weighted by Gasteiger charge is 2.30. The van der Waals surface area contributed by atoms with Crippen LogP contribution in [0.3, 0.4) is 0 Å². The minimum Gasteiger partial charge on any atom is -0.315 e. The summed E-state index contributed by atoms with van der Waals surface area (Å²) in [6.45, 7) is 5.61. The molecule has 0 spiro atoms. The summed E-state index contributed by atoms with van der Waals surface area (Å²) in [5.74, 6) is 0.856. The second kappa shape index (κ2) is 6.53. The van der Waals surface area contributed by atoms with E-state index in [0.29, 0.717) is 12.1 Å². The van der Waals surface area contributed by atoms with Gasteiger partial charge in [-0.2, -0.15) is 0 Å². The van der Waals surface area contributed by atoms with Crippen LogP contribution in [0.2, 0.25) is 0 Å². The molecule has 3 atom stereocenters. The van der Waals surface area contributed by atoms with Crippen molar-refractivity contribution in [3.63, 3.8) is 0 Å². The first kappa shape index (κ1) is 14.5. The minimum atomic E-state index is 0.644. The summed E-state index contributed by atoms with van der Waals surface area (Å²) in [6.07, 6.45) is 3.98. The van der Waals surface area contributed by atoms with Crippen LogP contribution in [0.4, 0.5) is 0 Å². The number of rotatable bonds is 4. The maximum absolute atomic E-state index is 3.51. The van der Waals surface area contributed by atoms with Crippen molar-refractivity contribution in [3.8, 4) is 0 Å². The summed E-state index contributed by atoms with van der Waals surface area (Å²) in [5.41, 5.74) is 2.78. The molecule has 0 saturated heterocycles. The molecule has 3 unspecified atom stereocenters. The fourth-order valence-electron chi connectivity index (χ4n) is 3.39. The van der Waals surface area contributed by atoms with Gasteiger partial charge in [0.15, 0.2) is 0 Å². The highest BCUT2D eigenvalue weighted by atomic mass is 15.2. The van der Waals surface area contributed by atoms with E-state index in [0.717, 1.165) is 12.5 Å². The molecule has 0 aromatic heterocycles. The molecule has 1 fully saturated rings. The van der Waals surface area contributed by atoms with E-state index < -0.39 is 0 Å². The average molecular weight is 260 g/mol. The molecule has 1 saturated carbocycles. The number of benzene rings is 1. The monoisotopic (exact) mass is 260 g/mol. The molecule has 106 valence electrons. The number of hydrogen-bond acceptors (Lipinski definition) is 2. The van der Waals surface area contributed by atoms with Crippen molar-refractivity contribution in [1.82, 2.24) is 10.2 Å². The first-order valence-corrected chi connectivity index (χ1v) is 7.53. The number of hydrogen-bond donors (Lipinski definition) is 1. The third kappa shape index (κ3) is 3.80. The summed E-state index contributed by atoms with van der Waals surface area (Å²) in [7, 11) is 4.38. The predicted octanol–water partition coefficient (Wildman–Crippen LogP) is 3.20. The summed E-state index contributed by atoms with van der Waals surface area (Å²) in [5, 5.41) is 3.51. The first-order valence-electron chi connectivity index (χ1n) is 7.53. The summed E-state index contributed by atoms with van der Waals surface area (Å²) in [6, 6.07) is 10.2. The SMILES string of the molecule is CNC1CCC(C)CC1N(C)Cc1cccc(C)c1. The first-order chi connectivity index (χ1) is 9.10. The van der Waals surface area contributed by atoms with Crippen LogP contribution >= 0.6 is 0 Å². The van der Waals surface area contributed by atoms with Gasteiger partial charge in [0.05, 0.1) is 0 Å². The van der Waals surface area contributed by atoms with Crippen LogP contribution in [0.25, 0.3) is 0 Å². The van der Waals surface area contributed by atoms with Gasteiger partial charge in [-0.25, -0.2) is 0 Å². The Balaban J connectivity index is 2.02. The van der Waals surface area contributed by atoms with Crippen molar-refractivity contribution in [3.05, 3.63) is 35.4 Å². The van der Waals surface area contributed by atoms with Gasteiger partial charge in [0.1, 0.15) is 0 Å². The Bertz CT molecular complexity index is 402. The van der Waals surface area contributed by atoms with Crippen LogP contribution in [0.15, 0.2) is 24.3 Å². The molecule has 0 amide bonds. The van der Waals surface area contributed by atoms with Crippen molar-refractivity contribution in [2.45, 2.75) is 51.7 Å². The normalized spacial score (nSPS) is 27.7. The molecule has 1 aromatic rings. The molecule has 2 nitrogen and oxygen atoms in total. The fraction of sp³-hybridized carbons (Fsp3) is 0.647. The van der Waals surface area contributed by atoms with Gasteiger partial charge in [-0.1, -0.05) is 36.8 Å². The van der Waals surface area contributed by atoms with E-state index in [2.05, 4.69) is 62.4 Å². The quantitative estimate of drug-likeness (QED) is 0.894. The topological polar surface area (TPSA) is 15.3 Å². The molecule has 1 aliphatic rings. The van der Waals surface area contributed by atoms with Crippen molar-refractivity contribution < 1.29 is 0 Å². The minimum absolute atomic E-state index is 0.644. The zero-order valence-electron chi connectivity index (χ0n) is 12.8. The van der Waals surface area contributed by atoms with Crippen molar-refractivity contribution >= 4 is 0 Å². The summed E-state index contributed by atoms with van der Waals surface area (Å²) < 4.78 is 0. The van der Waals surface area contributed by atoms with Gasteiger partial charge in [0, 0.05) is 18.6 Å². The van der Waals surface area contributed by atoms with Gasteiger partial charge < -0.3 is 5.32 Å². The third-order valence-corrected chi connectivity index (χ3v) is 4.53. The van der Waals surface area contributed by atoms with Crippen LogP contribution < -0.4 is 5.32 Å². The molecule has 0 bridgehead atoms. The Hall–Kier alpha value is -0.860. The summed E-state index contributed by atoms with van der Waals surface area (Å²) in [4.78, 5) is 2.53. The Morgan fingerprint density at radius 1 is 1.32 bits per heavy atom. The van der Waals surface area contributed by atoms with E-state index in [-0.39, 0.29) is 0 Å². The zero-order chi connectivity index (χ0) is 13.8. The van der Waals surface area contributed by atoms with Crippen LogP contribution in [0.1, 0.15) is 37.3 Å². The average Bonchev–Trinajstić information content (AvgIpc) is 2.38. The molecule has 19 heavy (non-hydrogen) atoms. The third-order valence-electron chi connectivity index (χ3n) is 4.53. The van der Waals surface area contributed by atoms with E-state index in [1.807, 2.05) is 0 Å². The Morgan fingerprint density at radius 3 is 2.79 bits per heavy atom. The standard InChI is InChI=1S/C17H28N2/c1-13-6-5-7-15(10-13)12-19(4)17-11-14(2)8-9-16(17)18-3/h5-7,10,14,16-18H,8-9,11-12H2,1-4H3. The molecule has 2 heteroatoms. The van der Waals surface area contributed by atoms with Crippen LogP contribution in [-0.2, 0) is 6.54 Å². The highest BCUT2D eigenvalue weighted by Crippen LogP contribution is 2.28. The van der Waals surface area contributed by atoms with E-state index in [4.69, 9.17) is 0 Å². The second-order valence-electron chi connectivity index (χ2n) is 6.28. The van der Waals surface area contributed by atoms with Gasteiger partial charge in [0.25, 0.3) is 0 Å². The molecule has 1 aliphatic carbocycles. The lowest BCUT2D eigenvalue weighted by molar-refractivity contribution is 0.123. The molecule has 0 radical (unpaired) electrons. The molecule has 0 heterocycles. The van der Waals surface area contributed by atoms with Crippen molar-refractivity contribution in [2.24, 2.45) is 5.92 Å². The maximum atomic E-state index is 3.51. The van der Waals surface area contributed by atoms with E-state index in [1.54, 1.807) is 0 Å². The number of aryl methyl sites for hydroxylation is 1. The lowest BCUT2D eigenvalue weighted by atomic mass is 9.82. The van der Waals surface area contributed by atoms with Gasteiger partial charge in [0.2, 0.25) is 0 Å². The van der Waals surface area contributed by atoms with Crippen molar-refractivity contribution in [2.75, 3.05) is 14.1 Å². The molecule has 0 aliphatic heterocycles. The molecular formula is C17H28N2. The number of nitrogens with zero attached hydrogens (tertiary/aromatic N) is 1. The molecule has 1 aromatic carbocycles. The lowest BCUT2D eigenvalue weighted by Gasteiger charge is -2.40. The van der Waals surface area contributed by atoms with Gasteiger partial charge in [-0.05, 0) is 51.8 Å². The number of nitrogens with one attached hydrogen (secondary N) is 1. The lowest BCUT2D eigenvalue weighted by Crippen LogP contribution is -2.50. The zero-order valence-corrected chi connectivity index (χ0v) is 12.8. The predicted molar refractivity (Wildman–Crippen MR) is 82.3 cm³/mol. The smallest absolute Gasteiger partial charge is 0.0252 e. The highest BCUT2D eigenvalue weighted by molar-refractivity contribution is 5.22. The van der Waals surface area contributed by atoms with E-state index in [9.17, 15) is 0 Å². The fourth-order valence-corrected chi connectivity index (χ4v) is 3.39. The second-order valence-corrected chi connectivity index (χ2v) is 6.28. The number of likely N-dealkylation sites (N-methyl/N-ethyl adjacent to an activating group) is 2. The van der Waals surface area contributed by atoms with Crippen molar-refractivity contribution in [1.29, 1.82) is 0 Å². The Kier molecular flexibility index (Phi) is 5.00. The molecular weight excluding hydrogens is 232 g/mol. The Labute approximate surface area is 118 Å². The van der Waals surface area contributed by atoms with Crippen LogP contribution in [0.5, 0.6) is 0 Å². The largest absolute Gasteiger partial charge is 0.315 e. The van der Waals surface area contributed by atoms with Crippen LogP contribution in [0, 0.1) is 12.8 Å². The molecule has 2 rings (SSSR count). The van der Waals surface area contributed by atoms with Gasteiger partial charge >= 0.3 is 0 Å². The summed E-state index contributed by atoms with van der Waals surface area (Å²) >= 11 is 0. The molecule has 1 N–H and O–H groups in total. The van der Waals surface area contributed by atoms with E-state index in [1.165, 1.54) is 30.4 Å². The van der Waals surface area contributed by atoms with Gasteiger partial charge in [-0.15, -0.1) is 0 Å². The van der Waals surface area contributed by atoms with E-state index >= 15 is 0 Å².